The third kappa shape index (κ3) is 183. The minimum Gasteiger partial charge on any atom is -0.545 e. The Hall–Kier alpha value is 0.0283. The number of hydrogen-bond acceptors (Lipinski definition) is 2. The van der Waals surface area contributed by atoms with Crippen molar-refractivity contribution >= 4 is 13.6 Å². The molecule has 0 radical (unpaired) electrons. The van der Waals surface area contributed by atoms with Crippen molar-refractivity contribution in [1.29, 1.82) is 0 Å². The summed E-state index contributed by atoms with van der Waals surface area (Å²) < 4.78 is 0. The van der Waals surface area contributed by atoms with Crippen LogP contribution in [0.25, 0.3) is 0 Å². The van der Waals surface area contributed by atoms with Crippen molar-refractivity contribution in [1.82, 2.24) is 0 Å². The standard InChI is InChI=1S/C5H10.C4H10.C3H8.2CHO.2CH3.W/c1-2-4-5-3-1;1-4(2)3;1-3-2;2*1-2;;;/h1-5H2;4H,1-3H3;3H2,1-2H3;2*1H;2*1H3;/q;;;4*-1;. The molecular weight excluding hydrogens is 408 g/mol. The Kier molecular flexibility index (Phi) is 144. The Labute approximate surface area is 138 Å². The molecule has 0 bridgehead atoms. The molecular formula is C16H36O2W-4. The smallest absolute Gasteiger partial charge is 0 e. The fraction of sp³-hybridized carbons (Fsp3) is 0.750. The van der Waals surface area contributed by atoms with Gasteiger partial charge in [0.15, 0.2) is 0 Å². The van der Waals surface area contributed by atoms with Crippen LogP contribution in [-0.2, 0) is 30.7 Å². The molecule has 19 heavy (non-hydrogen) atoms. The van der Waals surface area contributed by atoms with Gasteiger partial charge in [0, 0.05) is 21.1 Å². The zero-order valence-corrected chi connectivity index (χ0v) is 17.1. The summed E-state index contributed by atoms with van der Waals surface area (Å²) in [6.45, 7) is 17.2. The van der Waals surface area contributed by atoms with Crippen molar-refractivity contribution in [3.05, 3.63) is 14.9 Å². The zero-order chi connectivity index (χ0) is 13.8. The van der Waals surface area contributed by atoms with Gasteiger partial charge in [0.05, 0.1) is 0 Å². The van der Waals surface area contributed by atoms with Crippen molar-refractivity contribution in [2.45, 2.75) is 73.1 Å². The van der Waals surface area contributed by atoms with E-state index in [2.05, 4.69) is 48.2 Å². The maximum absolute atomic E-state index is 7.75. The normalized spacial score (nSPS) is 9.58. The second-order valence-corrected chi connectivity index (χ2v) is 4.21. The molecule has 0 amide bonds. The van der Waals surface area contributed by atoms with Gasteiger partial charge in [0.25, 0.3) is 0 Å². The Morgan fingerprint density at radius 1 is 0.737 bits per heavy atom. The topological polar surface area (TPSA) is 34.1 Å². The molecule has 0 heterocycles. The van der Waals surface area contributed by atoms with Crippen LogP contribution in [0.15, 0.2) is 0 Å². The molecule has 0 aromatic heterocycles. The summed E-state index contributed by atoms with van der Waals surface area (Å²) in [5, 5.41) is 0. The molecule has 0 aliphatic heterocycles. The Morgan fingerprint density at radius 2 is 0.789 bits per heavy atom. The molecule has 1 rings (SSSR count). The molecule has 1 saturated carbocycles. The maximum Gasteiger partial charge on any atom is 0 e. The summed E-state index contributed by atoms with van der Waals surface area (Å²) >= 11 is 0. The third-order valence-corrected chi connectivity index (χ3v) is 1.25. The van der Waals surface area contributed by atoms with Crippen molar-refractivity contribution < 1.29 is 30.7 Å². The molecule has 0 unspecified atom stereocenters. The van der Waals surface area contributed by atoms with Gasteiger partial charge in [-0.15, -0.1) is 0 Å². The molecule has 2 nitrogen and oxygen atoms in total. The maximum atomic E-state index is 7.75. The molecule has 0 N–H and O–H groups in total. The monoisotopic (exact) mass is 444 g/mol. The van der Waals surface area contributed by atoms with E-state index in [1.54, 1.807) is 0 Å². The van der Waals surface area contributed by atoms with E-state index in [1.165, 1.54) is 38.5 Å². The molecule has 0 atom stereocenters. The molecule has 0 aromatic carbocycles. The average Bonchev–Trinajstić information content (AvgIpc) is 2.81. The minimum atomic E-state index is 0. The van der Waals surface area contributed by atoms with Crippen LogP contribution < -0.4 is 0 Å². The van der Waals surface area contributed by atoms with Crippen LogP contribution in [0.1, 0.15) is 73.1 Å². The largest absolute Gasteiger partial charge is 0.545 e. The second-order valence-electron chi connectivity index (χ2n) is 4.21. The molecule has 1 aliphatic carbocycles. The van der Waals surface area contributed by atoms with Crippen LogP contribution in [0.2, 0.25) is 0 Å². The van der Waals surface area contributed by atoms with Crippen LogP contribution in [0.4, 0.5) is 0 Å². The first-order valence-corrected chi connectivity index (χ1v) is 6.12. The van der Waals surface area contributed by atoms with Gasteiger partial charge >= 0.3 is 0 Å². The minimum absolute atomic E-state index is 0. The van der Waals surface area contributed by atoms with Gasteiger partial charge in [0.1, 0.15) is 0 Å². The number of hydrogen-bond donors (Lipinski definition) is 0. The van der Waals surface area contributed by atoms with E-state index in [0.29, 0.717) is 0 Å². The van der Waals surface area contributed by atoms with Crippen LogP contribution >= 0.6 is 0 Å². The first-order valence-electron chi connectivity index (χ1n) is 6.12. The fourth-order valence-corrected chi connectivity index (χ4v) is 0.884. The SMILES string of the molecule is C1CCCC1.CC(C)C.CCC.[CH-]=O.[CH-]=O.[CH3-].[CH3-].[W]. The molecule has 0 saturated heterocycles. The molecule has 122 valence electrons. The van der Waals surface area contributed by atoms with E-state index in [4.69, 9.17) is 9.59 Å². The predicted molar refractivity (Wildman–Crippen MR) is 85.9 cm³/mol. The average molecular weight is 444 g/mol. The molecule has 0 spiro atoms. The van der Waals surface area contributed by atoms with E-state index < -0.39 is 0 Å². The summed E-state index contributed by atoms with van der Waals surface area (Å²) in [7, 11) is 0. The van der Waals surface area contributed by atoms with E-state index >= 15 is 0 Å². The second kappa shape index (κ2) is 64.1. The van der Waals surface area contributed by atoms with Gasteiger partial charge in [0.2, 0.25) is 0 Å². The number of carbonyl (C=O) groups excluding carboxylic acids is 2. The van der Waals surface area contributed by atoms with E-state index in [-0.39, 0.29) is 35.9 Å². The van der Waals surface area contributed by atoms with Crippen LogP contribution in [0.5, 0.6) is 0 Å². The van der Waals surface area contributed by atoms with Crippen molar-refractivity contribution in [3.63, 3.8) is 0 Å². The third-order valence-electron chi connectivity index (χ3n) is 1.25. The van der Waals surface area contributed by atoms with Gasteiger partial charge in [-0.25, -0.2) is 0 Å². The van der Waals surface area contributed by atoms with E-state index in [9.17, 15) is 0 Å². The van der Waals surface area contributed by atoms with Crippen LogP contribution in [-0.4, -0.2) is 13.6 Å². The van der Waals surface area contributed by atoms with Crippen LogP contribution in [0, 0.1) is 20.8 Å². The Morgan fingerprint density at radius 3 is 0.842 bits per heavy atom. The van der Waals surface area contributed by atoms with E-state index in [0.717, 1.165) is 5.92 Å². The van der Waals surface area contributed by atoms with Crippen molar-refractivity contribution in [2.75, 3.05) is 0 Å². The van der Waals surface area contributed by atoms with Crippen molar-refractivity contribution in [3.8, 4) is 0 Å². The van der Waals surface area contributed by atoms with Gasteiger partial charge < -0.3 is 24.4 Å². The van der Waals surface area contributed by atoms with Gasteiger partial charge in [-0.2, -0.15) is 0 Å². The van der Waals surface area contributed by atoms with Gasteiger partial charge in [-0.1, -0.05) is 73.1 Å². The Balaban J connectivity index is -0.0000000192. The molecule has 1 aliphatic rings. The van der Waals surface area contributed by atoms with Crippen molar-refractivity contribution in [2.24, 2.45) is 5.92 Å². The molecule has 1 fully saturated rings. The molecule has 3 heteroatoms. The summed E-state index contributed by atoms with van der Waals surface area (Å²) in [5.74, 6) is 0.833. The zero-order valence-electron chi connectivity index (χ0n) is 14.2. The first-order chi connectivity index (χ1) is 7.65. The quantitative estimate of drug-likeness (QED) is 0.372. The van der Waals surface area contributed by atoms with Gasteiger partial charge in [-0.3, -0.25) is 13.6 Å². The first kappa shape index (κ1) is 42.7. The summed E-state index contributed by atoms with van der Waals surface area (Å²) in [4.78, 5) is 15.5. The van der Waals surface area contributed by atoms with E-state index in [1.807, 2.05) is 0 Å². The number of rotatable bonds is 0. The van der Waals surface area contributed by atoms with Gasteiger partial charge in [-0.05, 0) is 5.92 Å². The summed E-state index contributed by atoms with van der Waals surface area (Å²) in [5.41, 5.74) is 0. The Bertz CT molecular complexity index is 72.5. The van der Waals surface area contributed by atoms with Crippen LogP contribution in [0.3, 0.4) is 0 Å². The predicted octanol–water partition coefficient (Wildman–Crippen LogP) is 5.38. The molecule has 0 aromatic rings. The summed E-state index contributed by atoms with van der Waals surface area (Å²) in [6, 6.07) is 0. The summed E-state index contributed by atoms with van der Waals surface area (Å²) in [6.07, 6.45) is 8.75. The fourth-order valence-electron chi connectivity index (χ4n) is 0.884.